The lowest BCUT2D eigenvalue weighted by Crippen LogP contribution is -2.05. The molecule has 13 heavy (non-hydrogen) atoms. The first-order valence-corrected chi connectivity index (χ1v) is 4.02. The summed E-state index contributed by atoms with van der Waals surface area (Å²) in [5.74, 6) is 0.321. The van der Waals surface area contributed by atoms with Gasteiger partial charge in [0, 0.05) is 6.08 Å². The molecule has 0 saturated carbocycles. The van der Waals surface area contributed by atoms with E-state index in [-0.39, 0.29) is 0 Å². The summed E-state index contributed by atoms with van der Waals surface area (Å²) in [6.07, 6.45) is -1.92. The summed E-state index contributed by atoms with van der Waals surface area (Å²) in [6.45, 7) is 0. The molecule has 0 bridgehead atoms. The molecular formula is C8H4BrF3O. The molecule has 1 rings (SSSR count). The van der Waals surface area contributed by atoms with Crippen LogP contribution in [0.4, 0.5) is 13.2 Å². The first-order valence-electron chi connectivity index (χ1n) is 3.23. The second-order valence-corrected chi connectivity index (χ2v) is 2.91. The zero-order chi connectivity index (χ0) is 9.90. The molecular weight excluding hydrogens is 249 g/mol. The number of hydrogen-bond acceptors (Lipinski definition) is 1. The van der Waals surface area contributed by atoms with E-state index in [1.54, 1.807) is 6.07 Å². The van der Waals surface area contributed by atoms with Crippen molar-refractivity contribution in [3.8, 4) is 0 Å². The molecule has 0 saturated heterocycles. The maximum absolute atomic E-state index is 11.9. The Balaban J connectivity index is 2.88. The molecule has 5 heteroatoms. The first-order chi connectivity index (χ1) is 6.00. The molecule has 0 amide bonds. The maximum Gasteiger partial charge on any atom is 0.430 e. The maximum atomic E-state index is 11.9. The third kappa shape index (κ3) is 3.13. The van der Waals surface area contributed by atoms with E-state index in [0.717, 1.165) is 6.08 Å². The van der Waals surface area contributed by atoms with E-state index >= 15 is 0 Å². The highest BCUT2D eigenvalue weighted by Crippen LogP contribution is 2.29. The van der Waals surface area contributed by atoms with Crippen LogP contribution in [0.3, 0.4) is 0 Å². The van der Waals surface area contributed by atoms with Crippen molar-refractivity contribution in [1.29, 1.82) is 0 Å². The minimum atomic E-state index is -4.40. The fourth-order valence-electron chi connectivity index (χ4n) is 0.590. The molecule has 0 unspecified atom stereocenters. The van der Waals surface area contributed by atoms with Gasteiger partial charge in [-0.05, 0) is 28.1 Å². The van der Waals surface area contributed by atoms with E-state index in [9.17, 15) is 13.2 Å². The summed E-state index contributed by atoms with van der Waals surface area (Å²) in [4.78, 5) is 0. The molecule has 1 aromatic rings. The van der Waals surface area contributed by atoms with E-state index in [1.165, 1.54) is 12.3 Å². The lowest BCUT2D eigenvalue weighted by Gasteiger charge is -1.99. The Bertz CT molecular complexity index is 331. The molecule has 0 aliphatic heterocycles. The first kappa shape index (κ1) is 10.2. The Morgan fingerprint density at radius 2 is 2.23 bits per heavy atom. The highest BCUT2D eigenvalue weighted by molar-refractivity contribution is 9.11. The molecule has 0 N–H and O–H groups in total. The van der Waals surface area contributed by atoms with Crippen molar-refractivity contribution >= 4 is 22.0 Å². The van der Waals surface area contributed by atoms with Crippen LogP contribution in [0.2, 0.25) is 0 Å². The molecule has 1 heterocycles. The van der Waals surface area contributed by atoms with Gasteiger partial charge >= 0.3 is 6.18 Å². The Labute approximate surface area is 80.7 Å². The molecule has 0 aliphatic rings. The van der Waals surface area contributed by atoms with Gasteiger partial charge in [0.25, 0.3) is 0 Å². The van der Waals surface area contributed by atoms with Gasteiger partial charge in [0.15, 0.2) is 0 Å². The predicted molar refractivity (Wildman–Crippen MR) is 45.2 cm³/mol. The van der Waals surface area contributed by atoms with Crippen molar-refractivity contribution in [3.05, 3.63) is 34.4 Å². The van der Waals surface area contributed by atoms with Crippen LogP contribution in [-0.4, -0.2) is 6.18 Å². The van der Waals surface area contributed by atoms with Gasteiger partial charge in [-0.3, -0.25) is 0 Å². The van der Waals surface area contributed by atoms with Crippen molar-refractivity contribution in [2.24, 2.45) is 0 Å². The average molecular weight is 253 g/mol. The summed E-state index contributed by atoms with van der Waals surface area (Å²) < 4.78 is 39.5. The lowest BCUT2D eigenvalue weighted by atomic mass is 10.4. The van der Waals surface area contributed by atoms with E-state index in [1.807, 2.05) is 5.73 Å². The molecule has 70 valence electrons. The zero-order valence-electron chi connectivity index (χ0n) is 6.23. The Hall–Kier alpha value is -0.930. The summed E-state index contributed by atoms with van der Waals surface area (Å²) in [5, 5.41) is 0. The van der Waals surface area contributed by atoms with Crippen molar-refractivity contribution in [3.63, 3.8) is 0 Å². The Morgan fingerprint density at radius 1 is 1.54 bits per heavy atom. The largest absolute Gasteiger partial charge is 0.464 e. The number of halogens is 4. The molecule has 0 fully saturated rings. The van der Waals surface area contributed by atoms with E-state index in [2.05, 4.69) is 15.9 Å². The number of alkyl halides is 3. The summed E-state index contributed by atoms with van der Waals surface area (Å²) in [5.41, 5.74) is 2.01. The summed E-state index contributed by atoms with van der Waals surface area (Å²) >= 11 is 2.35. The Morgan fingerprint density at radius 3 is 2.69 bits per heavy atom. The van der Waals surface area contributed by atoms with Crippen LogP contribution in [-0.2, 0) is 0 Å². The quantitative estimate of drug-likeness (QED) is 0.695. The van der Waals surface area contributed by atoms with Crippen LogP contribution in [0, 0.1) is 0 Å². The van der Waals surface area contributed by atoms with E-state index < -0.39 is 10.7 Å². The van der Waals surface area contributed by atoms with Gasteiger partial charge < -0.3 is 4.42 Å². The topological polar surface area (TPSA) is 13.1 Å². The van der Waals surface area contributed by atoms with Crippen LogP contribution in [0.15, 0.2) is 33.0 Å². The molecule has 0 aliphatic carbocycles. The third-order valence-corrected chi connectivity index (χ3v) is 1.81. The molecule has 0 spiro atoms. The monoisotopic (exact) mass is 252 g/mol. The second kappa shape index (κ2) is 3.85. The standard InChI is InChI=1S/C8H4BrF3O/c9-7(8(10,11)12)4-3-6-2-1-5-13-6/h1-3,5H. The van der Waals surface area contributed by atoms with Crippen LogP contribution in [0.25, 0.3) is 6.08 Å². The van der Waals surface area contributed by atoms with Crippen molar-refractivity contribution in [2.75, 3.05) is 0 Å². The second-order valence-electron chi connectivity index (χ2n) is 2.12. The predicted octanol–water partition coefficient (Wildman–Crippen LogP) is 3.73. The van der Waals surface area contributed by atoms with Crippen molar-refractivity contribution in [2.45, 2.75) is 6.18 Å². The normalized spacial score (nSPS) is 10.8. The highest BCUT2D eigenvalue weighted by Gasteiger charge is 2.31. The number of rotatable bonds is 1. The van der Waals surface area contributed by atoms with Gasteiger partial charge in [-0.15, -0.1) is 0 Å². The molecule has 1 aromatic heterocycles. The third-order valence-electron chi connectivity index (χ3n) is 1.13. The van der Waals surface area contributed by atoms with Gasteiger partial charge in [0.05, 0.1) is 6.26 Å². The lowest BCUT2D eigenvalue weighted by molar-refractivity contribution is -0.0826. The van der Waals surface area contributed by atoms with E-state index in [4.69, 9.17) is 4.42 Å². The van der Waals surface area contributed by atoms with E-state index in [0.29, 0.717) is 5.76 Å². The number of hydrogen-bond donors (Lipinski definition) is 0. The van der Waals surface area contributed by atoms with Gasteiger partial charge in [0.2, 0.25) is 0 Å². The van der Waals surface area contributed by atoms with Gasteiger partial charge in [0.1, 0.15) is 10.2 Å². The van der Waals surface area contributed by atoms with Gasteiger partial charge in [-0.25, -0.2) is 0 Å². The minimum Gasteiger partial charge on any atom is -0.464 e. The van der Waals surface area contributed by atoms with Gasteiger partial charge in [-0.1, -0.05) is 5.73 Å². The molecule has 1 nitrogen and oxygen atoms in total. The zero-order valence-corrected chi connectivity index (χ0v) is 7.82. The van der Waals surface area contributed by atoms with Gasteiger partial charge in [-0.2, -0.15) is 13.2 Å². The fourth-order valence-corrected chi connectivity index (χ4v) is 0.704. The minimum absolute atomic E-state index is 0.321. The van der Waals surface area contributed by atoms with Crippen LogP contribution in [0.1, 0.15) is 5.76 Å². The molecule has 0 atom stereocenters. The molecule has 0 radical (unpaired) electrons. The van der Waals surface area contributed by atoms with Crippen LogP contribution in [0.5, 0.6) is 0 Å². The van der Waals surface area contributed by atoms with Crippen molar-refractivity contribution in [1.82, 2.24) is 0 Å². The fraction of sp³-hybridized carbons (Fsp3) is 0.125. The highest BCUT2D eigenvalue weighted by atomic mass is 79.9. The van der Waals surface area contributed by atoms with Crippen LogP contribution < -0.4 is 0 Å². The number of allylic oxidation sites excluding steroid dienone is 1. The smallest absolute Gasteiger partial charge is 0.430 e. The summed E-state index contributed by atoms with van der Waals surface area (Å²) in [6, 6.07) is 3.11. The Kier molecular flexibility index (Phi) is 3.01. The van der Waals surface area contributed by atoms with Crippen molar-refractivity contribution < 1.29 is 17.6 Å². The average Bonchev–Trinajstić information content (AvgIpc) is 2.50. The van der Waals surface area contributed by atoms with Crippen LogP contribution >= 0.6 is 15.9 Å². The molecule has 0 aromatic carbocycles. The number of furan rings is 1. The SMILES string of the molecule is FC(F)(F)C(Br)=C=Cc1ccco1. The summed E-state index contributed by atoms with van der Waals surface area (Å²) in [7, 11) is 0.